The minimum Gasteiger partial charge on any atom is -0.398 e. The molecule has 0 bridgehead atoms. The van der Waals surface area contributed by atoms with E-state index >= 15 is 0 Å². The Morgan fingerprint density at radius 3 is 2.29 bits per heavy atom. The topological polar surface area (TPSA) is 60.9 Å². The zero-order valence-corrected chi connectivity index (χ0v) is 16.4. The van der Waals surface area contributed by atoms with Crippen LogP contribution in [0.25, 0.3) is 27.7 Å². The molecule has 0 amide bonds. The minimum absolute atomic E-state index is 0.0397. The van der Waals surface area contributed by atoms with Gasteiger partial charge in [-0.05, 0) is 42.0 Å². The Morgan fingerprint density at radius 2 is 1.64 bits per heavy atom. The summed E-state index contributed by atoms with van der Waals surface area (Å²) < 4.78 is 1.66. The van der Waals surface area contributed by atoms with E-state index in [-0.39, 0.29) is 11.5 Å². The molecule has 4 nitrogen and oxygen atoms in total. The van der Waals surface area contributed by atoms with Crippen LogP contribution in [0.4, 0.5) is 5.69 Å². The standard InChI is InChI=1S/C23H20ClN3O/c1-14(2)22-26-21-18(23(28)27(22)17-10-8-16(24)9-11-17)12-13-19(25)20(21)15-6-4-3-5-7-15/h3-14H,25H2,1-2H3. The van der Waals surface area contributed by atoms with Crippen molar-refractivity contribution >= 4 is 28.2 Å². The van der Waals surface area contributed by atoms with Crippen molar-refractivity contribution in [3.05, 3.63) is 87.9 Å². The average Bonchev–Trinajstić information content (AvgIpc) is 2.69. The Bertz CT molecular complexity index is 1210. The van der Waals surface area contributed by atoms with E-state index in [4.69, 9.17) is 22.3 Å². The highest BCUT2D eigenvalue weighted by Crippen LogP contribution is 2.33. The number of nitrogen functional groups attached to an aromatic ring is 1. The lowest BCUT2D eigenvalue weighted by Gasteiger charge is -2.18. The van der Waals surface area contributed by atoms with Crippen molar-refractivity contribution in [2.75, 3.05) is 5.73 Å². The molecule has 0 radical (unpaired) electrons. The summed E-state index contributed by atoms with van der Waals surface area (Å²) in [5, 5.41) is 1.16. The first kappa shape index (κ1) is 18.3. The first-order valence-corrected chi connectivity index (χ1v) is 9.51. The van der Waals surface area contributed by atoms with Crippen molar-refractivity contribution in [3.63, 3.8) is 0 Å². The van der Waals surface area contributed by atoms with Crippen LogP contribution in [0.1, 0.15) is 25.6 Å². The molecular formula is C23H20ClN3O. The first-order chi connectivity index (χ1) is 13.5. The number of benzene rings is 3. The first-order valence-electron chi connectivity index (χ1n) is 9.14. The van der Waals surface area contributed by atoms with E-state index in [2.05, 4.69) is 0 Å². The third kappa shape index (κ3) is 3.06. The number of anilines is 1. The maximum Gasteiger partial charge on any atom is 0.266 e. The molecule has 3 aromatic carbocycles. The Hall–Kier alpha value is -3.11. The molecule has 5 heteroatoms. The lowest BCUT2D eigenvalue weighted by molar-refractivity contribution is 0.723. The quantitative estimate of drug-likeness (QED) is 0.476. The Kier molecular flexibility index (Phi) is 4.65. The summed E-state index contributed by atoms with van der Waals surface area (Å²) >= 11 is 6.03. The monoisotopic (exact) mass is 389 g/mol. The Balaban J connectivity index is 2.11. The van der Waals surface area contributed by atoms with Crippen molar-refractivity contribution in [2.24, 2.45) is 0 Å². The number of halogens is 1. The summed E-state index contributed by atoms with van der Waals surface area (Å²) in [7, 11) is 0. The molecule has 0 spiro atoms. The lowest BCUT2D eigenvalue weighted by Crippen LogP contribution is -2.25. The lowest BCUT2D eigenvalue weighted by atomic mass is 10.00. The maximum atomic E-state index is 13.5. The molecule has 0 saturated carbocycles. The second-order valence-electron chi connectivity index (χ2n) is 7.03. The van der Waals surface area contributed by atoms with Crippen LogP contribution in [0.2, 0.25) is 5.02 Å². The van der Waals surface area contributed by atoms with Gasteiger partial charge in [0.05, 0.1) is 16.6 Å². The molecular weight excluding hydrogens is 370 g/mol. The molecule has 1 heterocycles. The largest absolute Gasteiger partial charge is 0.398 e. The van der Waals surface area contributed by atoms with Crippen LogP contribution in [0.5, 0.6) is 0 Å². The van der Waals surface area contributed by atoms with Gasteiger partial charge < -0.3 is 5.73 Å². The summed E-state index contributed by atoms with van der Waals surface area (Å²) in [6.45, 7) is 4.04. The number of nitrogens with zero attached hydrogens (tertiary/aromatic N) is 2. The van der Waals surface area contributed by atoms with Gasteiger partial charge in [0.1, 0.15) is 5.82 Å². The van der Waals surface area contributed by atoms with Crippen LogP contribution in [-0.4, -0.2) is 9.55 Å². The van der Waals surface area contributed by atoms with Crippen molar-refractivity contribution in [3.8, 4) is 16.8 Å². The molecule has 0 aliphatic carbocycles. The molecule has 0 saturated heterocycles. The molecule has 1 aromatic heterocycles. The normalized spacial score (nSPS) is 11.3. The highest BCUT2D eigenvalue weighted by molar-refractivity contribution is 6.30. The van der Waals surface area contributed by atoms with Crippen LogP contribution in [0, 0.1) is 0 Å². The number of hydrogen-bond acceptors (Lipinski definition) is 3. The van der Waals surface area contributed by atoms with Crippen LogP contribution in [0.3, 0.4) is 0 Å². The summed E-state index contributed by atoms with van der Waals surface area (Å²) in [6, 6.07) is 20.5. The van der Waals surface area contributed by atoms with Gasteiger partial charge in [-0.25, -0.2) is 4.98 Å². The van der Waals surface area contributed by atoms with Gasteiger partial charge in [0.15, 0.2) is 0 Å². The van der Waals surface area contributed by atoms with E-state index in [0.29, 0.717) is 27.4 Å². The molecule has 0 fully saturated rings. The number of hydrogen-bond donors (Lipinski definition) is 1. The SMILES string of the molecule is CC(C)c1nc2c(-c3ccccc3)c(N)ccc2c(=O)n1-c1ccc(Cl)cc1. The molecule has 0 aliphatic heterocycles. The summed E-state index contributed by atoms with van der Waals surface area (Å²) in [6.07, 6.45) is 0. The fraction of sp³-hybridized carbons (Fsp3) is 0.130. The van der Waals surface area contributed by atoms with E-state index in [1.165, 1.54) is 0 Å². The molecule has 0 atom stereocenters. The minimum atomic E-state index is -0.117. The molecule has 2 N–H and O–H groups in total. The highest BCUT2D eigenvalue weighted by Gasteiger charge is 2.19. The van der Waals surface area contributed by atoms with E-state index in [9.17, 15) is 4.79 Å². The van der Waals surface area contributed by atoms with E-state index in [1.54, 1.807) is 28.8 Å². The number of aromatic nitrogens is 2. The summed E-state index contributed by atoms with van der Waals surface area (Å²) in [5.41, 5.74) is 9.89. The number of nitrogens with two attached hydrogens (primary N) is 1. The van der Waals surface area contributed by atoms with Gasteiger partial charge in [0, 0.05) is 22.2 Å². The molecule has 0 unspecified atom stereocenters. The van der Waals surface area contributed by atoms with Crippen LogP contribution < -0.4 is 11.3 Å². The summed E-state index contributed by atoms with van der Waals surface area (Å²) in [4.78, 5) is 18.4. The number of fused-ring (bicyclic) bond motifs is 1. The van der Waals surface area contributed by atoms with Crippen molar-refractivity contribution in [2.45, 2.75) is 19.8 Å². The van der Waals surface area contributed by atoms with E-state index < -0.39 is 0 Å². The van der Waals surface area contributed by atoms with Gasteiger partial charge in [-0.3, -0.25) is 9.36 Å². The van der Waals surface area contributed by atoms with Crippen molar-refractivity contribution in [1.29, 1.82) is 0 Å². The predicted molar refractivity (Wildman–Crippen MR) is 116 cm³/mol. The summed E-state index contributed by atoms with van der Waals surface area (Å²) in [5.74, 6) is 0.723. The third-order valence-corrected chi connectivity index (χ3v) is 5.01. The van der Waals surface area contributed by atoms with Gasteiger partial charge in [0.2, 0.25) is 0 Å². The molecule has 140 valence electrons. The average molecular weight is 390 g/mol. The zero-order valence-electron chi connectivity index (χ0n) is 15.7. The third-order valence-electron chi connectivity index (χ3n) is 4.76. The van der Waals surface area contributed by atoms with Crippen LogP contribution in [0.15, 0.2) is 71.5 Å². The van der Waals surface area contributed by atoms with Gasteiger partial charge in [-0.2, -0.15) is 0 Å². The molecule has 4 aromatic rings. The van der Waals surface area contributed by atoms with Gasteiger partial charge in [-0.15, -0.1) is 0 Å². The number of rotatable bonds is 3. The Labute approximate surface area is 168 Å². The highest BCUT2D eigenvalue weighted by atomic mass is 35.5. The van der Waals surface area contributed by atoms with Gasteiger partial charge >= 0.3 is 0 Å². The second-order valence-corrected chi connectivity index (χ2v) is 7.47. The molecule has 0 aliphatic rings. The van der Waals surface area contributed by atoms with Crippen LogP contribution >= 0.6 is 11.6 Å². The van der Waals surface area contributed by atoms with E-state index in [0.717, 1.165) is 16.8 Å². The smallest absolute Gasteiger partial charge is 0.266 e. The van der Waals surface area contributed by atoms with Gasteiger partial charge in [-0.1, -0.05) is 55.8 Å². The van der Waals surface area contributed by atoms with Crippen molar-refractivity contribution in [1.82, 2.24) is 9.55 Å². The second kappa shape index (κ2) is 7.13. The van der Waals surface area contributed by atoms with Crippen LogP contribution in [-0.2, 0) is 0 Å². The van der Waals surface area contributed by atoms with Crippen molar-refractivity contribution < 1.29 is 0 Å². The van der Waals surface area contributed by atoms with E-state index in [1.807, 2.05) is 56.3 Å². The fourth-order valence-corrected chi connectivity index (χ4v) is 3.55. The Morgan fingerprint density at radius 1 is 0.964 bits per heavy atom. The molecule has 28 heavy (non-hydrogen) atoms. The zero-order chi connectivity index (χ0) is 19.8. The van der Waals surface area contributed by atoms with Gasteiger partial charge in [0.25, 0.3) is 5.56 Å². The predicted octanol–water partition coefficient (Wildman–Crippen LogP) is 5.41. The molecule has 4 rings (SSSR count). The fourth-order valence-electron chi connectivity index (χ4n) is 3.42. The maximum absolute atomic E-state index is 13.5.